The Kier molecular flexibility index (Phi) is 6.90. The summed E-state index contributed by atoms with van der Waals surface area (Å²) in [4.78, 5) is 12.9. The zero-order valence-electron chi connectivity index (χ0n) is 21.5. The van der Waals surface area contributed by atoms with Crippen molar-refractivity contribution in [2.45, 2.75) is 72.0 Å². The topological polar surface area (TPSA) is 96.2 Å². The van der Waals surface area contributed by atoms with Gasteiger partial charge in [-0.2, -0.15) is 0 Å². The Labute approximate surface area is 212 Å². The molecule has 6 nitrogen and oxygen atoms in total. The summed E-state index contributed by atoms with van der Waals surface area (Å²) in [5, 5.41) is 31.3. The van der Waals surface area contributed by atoms with Crippen molar-refractivity contribution in [3.05, 3.63) is 69.8 Å². The van der Waals surface area contributed by atoms with Crippen LogP contribution in [0.25, 0.3) is 6.08 Å². The fourth-order valence-electron chi connectivity index (χ4n) is 4.58. The number of benzene rings is 2. The molecule has 1 atom stereocenters. The van der Waals surface area contributed by atoms with Gasteiger partial charge in [0.1, 0.15) is 46.0 Å². The van der Waals surface area contributed by atoms with Crippen LogP contribution in [0.3, 0.4) is 0 Å². The molecule has 2 aromatic rings. The lowest BCUT2D eigenvalue weighted by Crippen LogP contribution is -2.28. The summed E-state index contributed by atoms with van der Waals surface area (Å²) in [6, 6.07) is 4.26. The van der Waals surface area contributed by atoms with Crippen LogP contribution >= 0.6 is 0 Å². The number of Topliss-reactive ketones (excluding diaryl/α,β-unsaturated/α-hetero) is 1. The van der Waals surface area contributed by atoms with Crippen molar-refractivity contribution in [2.75, 3.05) is 0 Å². The molecular weight excluding hydrogens is 456 g/mol. The number of carbonyl (C=O) groups is 1. The summed E-state index contributed by atoms with van der Waals surface area (Å²) in [6.45, 7) is 10.2. The fraction of sp³-hybridized carbons (Fsp3) is 0.367. The molecule has 4 rings (SSSR count). The van der Waals surface area contributed by atoms with E-state index >= 15 is 0 Å². The van der Waals surface area contributed by atoms with Gasteiger partial charge < -0.3 is 24.8 Å². The Morgan fingerprint density at radius 1 is 1.11 bits per heavy atom. The van der Waals surface area contributed by atoms with Gasteiger partial charge >= 0.3 is 0 Å². The second kappa shape index (κ2) is 9.76. The van der Waals surface area contributed by atoms with Gasteiger partial charge in [-0.15, -0.1) is 0 Å². The number of carbonyl (C=O) groups excluding carboxylic acids is 1. The summed E-state index contributed by atoms with van der Waals surface area (Å²) in [5.41, 5.74) is 3.98. The minimum absolute atomic E-state index is 0.00427. The van der Waals surface area contributed by atoms with E-state index < -0.39 is 11.7 Å². The van der Waals surface area contributed by atoms with Crippen LogP contribution in [0.2, 0.25) is 0 Å². The third-order valence-corrected chi connectivity index (χ3v) is 6.50. The van der Waals surface area contributed by atoms with Gasteiger partial charge in [0.05, 0.1) is 12.0 Å². The zero-order chi connectivity index (χ0) is 26.2. The number of ether oxygens (including phenoxy) is 2. The molecule has 2 aliphatic heterocycles. The monoisotopic (exact) mass is 490 g/mol. The van der Waals surface area contributed by atoms with Crippen molar-refractivity contribution in [2.24, 2.45) is 0 Å². The molecule has 0 saturated carbocycles. The van der Waals surface area contributed by atoms with Crippen molar-refractivity contribution < 1.29 is 29.6 Å². The largest absolute Gasteiger partial charge is 0.508 e. The van der Waals surface area contributed by atoms with Crippen LogP contribution in [0, 0.1) is 0 Å². The molecule has 190 valence electrons. The van der Waals surface area contributed by atoms with E-state index in [1.165, 1.54) is 17.2 Å². The van der Waals surface area contributed by atoms with Crippen molar-refractivity contribution >= 4 is 11.9 Å². The van der Waals surface area contributed by atoms with E-state index in [4.69, 9.17) is 9.47 Å². The minimum Gasteiger partial charge on any atom is -0.508 e. The third kappa shape index (κ3) is 5.27. The average Bonchev–Trinajstić information content (AvgIpc) is 2.77. The Morgan fingerprint density at radius 2 is 1.86 bits per heavy atom. The van der Waals surface area contributed by atoms with Crippen molar-refractivity contribution in [3.8, 4) is 28.7 Å². The summed E-state index contributed by atoms with van der Waals surface area (Å²) >= 11 is 0. The fourth-order valence-corrected chi connectivity index (χ4v) is 4.58. The van der Waals surface area contributed by atoms with E-state index in [1.807, 2.05) is 32.1 Å². The molecule has 2 aliphatic rings. The van der Waals surface area contributed by atoms with Gasteiger partial charge in [0, 0.05) is 17.7 Å². The molecule has 0 saturated heterocycles. The number of aromatic hydroxyl groups is 3. The number of fused-ring (bicyclic) bond motifs is 2. The number of rotatable bonds is 6. The number of hydrogen-bond donors (Lipinski definition) is 3. The first kappa shape index (κ1) is 25.4. The number of phenols is 3. The number of ketones is 1. The van der Waals surface area contributed by atoms with E-state index in [9.17, 15) is 20.1 Å². The molecule has 3 N–H and O–H groups in total. The molecule has 0 fully saturated rings. The first-order valence-electron chi connectivity index (χ1n) is 12.3. The molecule has 0 amide bonds. The average molecular weight is 491 g/mol. The molecule has 0 spiro atoms. The summed E-state index contributed by atoms with van der Waals surface area (Å²) in [7, 11) is 0. The second-order valence-corrected chi connectivity index (χ2v) is 10.4. The van der Waals surface area contributed by atoms with Crippen LogP contribution < -0.4 is 9.47 Å². The normalized spacial score (nSPS) is 18.1. The van der Waals surface area contributed by atoms with Gasteiger partial charge in [0.15, 0.2) is 5.78 Å². The lowest BCUT2D eigenvalue weighted by molar-refractivity contribution is 0.0841. The summed E-state index contributed by atoms with van der Waals surface area (Å²) in [6.07, 6.45) is 9.83. The molecule has 0 aliphatic carbocycles. The molecule has 0 aromatic heterocycles. The number of hydrogen-bond acceptors (Lipinski definition) is 6. The standard InChI is InChI=1S/C30H34O6/c1-17(2)7-6-8-18(3)9-10-19-13-22(28(34)21-11-12-30(4,5)36-29(19)21)25-16-24(33)27-23(32)14-20(31)15-26(27)35-25/h7,9,11-15,25,31-32,34H,6,8,10,16H2,1-5H3/b18-9+. The highest BCUT2D eigenvalue weighted by atomic mass is 16.5. The smallest absolute Gasteiger partial charge is 0.174 e. The molecule has 6 heteroatoms. The number of phenolic OH excluding ortho intramolecular Hbond substituents is 3. The van der Waals surface area contributed by atoms with Gasteiger partial charge in [-0.25, -0.2) is 0 Å². The maximum atomic E-state index is 12.9. The zero-order valence-corrected chi connectivity index (χ0v) is 21.5. The van der Waals surface area contributed by atoms with E-state index in [-0.39, 0.29) is 40.8 Å². The van der Waals surface area contributed by atoms with Gasteiger partial charge in [0.25, 0.3) is 0 Å². The van der Waals surface area contributed by atoms with Crippen molar-refractivity contribution in [3.63, 3.8) is 0 Å². The first-order valence-corrected chi connectivity index (χ1v) is 12.3. The molecule has 0 bridgehead atoms. The Hall–Kier alpha value is -3.67. The maximum Gasteiger partial charge on any atom is 0.174 e. The lowest BCUT2D eigenvalue weighted by atomic mass is 9.89. The predicted molar refractivity (Wildman–Crippen MR) is 140 cm³/mol. The molecule has 2 heterocycles. The summed E-state index contributed by atoms with van der Waals surface area (Å²) in [5.74, 6) is -0.139. The second-order valence-electron chi connectivity index (χ2n) is 10.4. The van der Waals surface area contributed by atoms with E-state index in [1.54, 1.807) is 0 Å². The highest BCUT2D eigenvalue weighted by Crippen LogP contribution is 2.48. The van der Waals surface area contributed by atoms with Crippen molar-refractivity contribution in [1.82, 2.24) is 0 Å². The number of allylic oxidation sites excluding steroid dienone is 4. The molecule has 36 heavy (non-hydrogen) atoms. The maximum absolute atomic E-state index is 12.9. The Balaban J connectivity index is 1.73. The quantitative estimate of drug-likeness (QED) is 0.380. The van der Waals surface area contributed by atoms with Gasteiger partial charge in [-0.3, -0.25) is 4.79 Å². The molecular formula is C30H34O6. The van der Waals surface area contributed by atoms with E-state index in [0.29, 0.717) is 23.3 Å². The van der Waals surface area contributed by atoms with Crippen LogP contribution in [-0.2, 0) is 6.42 Å². The molecule has 0 radical (unpaired) electrons. The Morgan fingerprint density at radius 3 is 2.58 bits per heavy atom. The minimum atomic E-state index is -0.777. The van der Waals surface area contributed by atoms with Crippen LogP contribution in [0.5, 0.6) is 28.7 Å². The molecule has 2 aromatic carbocycles. The molecule has 1 unspecified atom stereocenters. The van der Waals surface area contributed by atoms with E-state index in [0.717, 1.165) is 24.5 Å². The van der Waals surface area contributed by atoms with Gasteiger partial charge in [-0.1, -0.05) is 23.3 Å². The van der Waals surface area contributed by atoms with Crippen molar-refractivity contribution in [1.29, 1.82) is 0 Å². The van der Waals surface area contributed by atoms with Crippen LogP contribution in [-0.4, -0.2) is 26.7 Å². The summed E-state index contributed by atoms with van der Waals surface area (Å²) < 4.78 is 12.3. The SMILES string of the molecule is CC(C)=CCC/C(C)=C/Cc1cc(C2CC(=O)c3c(O)cc(O)cc3O2)c(O)c2c1OC(C)(C)C=C2. The van der Waals surface area contributed by atoms with E-state index in [2.05, 4.69) is 32.9 Å². The van der Waals surface area contributed by atoms with Crippen LogP contribution in [0.4, 0.5) is 0 Å². The van der Waals surface area contributed by atoms with Gasteiger partial charge in [0.2, 0.25) is 0 Å². The predicted octanol–water partition coefficient (Wildman–Crippen LogP) is 6.93. The van der Waals surface area contributed by atoms with Crippen LogP contribution in [0.1, 0.15) is 87.0 Å². The van der Waals surface area contributed by atoms with Crippen LogP contribution in [0.15, 0.2) is 47.6 Å². The third-order valence-electron chi connectivity index (χ3n) is 6.50. The highest BCUT2D eigenvalue weighted by Gasteiger charge is 2.35. The van der Waals surface area contributed by atoms with Gasteiger partial charge in [-0.05, 0) is 77.7 Å². The first-order chi connectivity index (χ1) is 16.9. The lowest BCUT2D eigenvalue weighted by Gasteiger charge is -2.32. The highest BCUT2D eigenvalue weighted by molar-refractivity contribution is 6.02. The Bertz CT molecular complexity index is 1290.